The SMILES string of the molecule is CCOC(=O)c1ccc2c(c1)NC(=O)C2C(=Nc1ccc(N(C)C(=O)CCNC)cc1)c1ccccc1. The number of nitrogens with zero attached hydrogens (tertiary/aromatic N) is 2. The summed E-state index contributed by atoms with van der Waals surface area (Å²) in [6.07, 6.45) is 0.402. The molecular formula is C29H30N4O4. The summed E-state index contributed by atoms with van der Waals surface area (Å²) in [5.41, 5.74) is 4.51. The summed E-state index contributed by atoms with van der Waals surface area (Å²) in [5, 5.41) is 5.88. The largest absolute Gasteiger partial charge is 0.462 e. The van der Waals surface area contributed by atoms with Gasteiger partial charge in [-0.05, 0) is 61.5 Å². The Morgan fingerprint density at radius 1 is 1.03 bits per heavy atom. The van der Waals surface area contributed by atoms with Gasteiger partial charge in [0, 0.05) is 31.4 Å². The van der Waals surface area contributed by atoms with Crippen molar-refractivity contribution in [3.8, 4) is 0 Å². The zero-order chi connectivity index (χ0) is 26.4. The molecule has 0 fully saturated rings. The summed E-state index contributed by atoms with van der Waals surface area (Å²) >= 11 is 0. The van der Waals surface area contributed by atoms with E-state index in [0.717, 1.165) is 16.8 Å². The first-order valence-electron chi connectivity index (χ1n) is 12.2. The monoisotopic (exact) mass is 498 g/mol. The maximum absolute atomic E-state index is 13.2. The first kappa shape index (κ1) is 25.8. The molecule has 1 aliphatic rings. The summed E-state index contributed by atoms with van der Waals surface area (Å²) in [6, 6.07) is 22.0. The molecule has 0 radical (unpaired) electrons. The van der Waals surface area contributed by atoms with Crippen molar-refractivity contribution in [3.63, 3.8) is 0 Å². The van der Waals surface area contributed by atoms with E-state index in [1.165, 1.54) is 0 Å². The molecule has 3 aromatic rings. The van der Waals surface area contributed by atoms with E-state index in [0.29, 0.717) is 35.6 Å². The zero-order valence-corrected chi connectivity index (χ0v) is 21.2. The quantitative estimate of drug-likeness (QED) is 0.339. The van der Waals surface area contributed by atoms with Crippen molar-refractivity contribution in [2.24, 2.45) is 4.99 Å². The van der Waals surface area contributed by atoms with Crippen LogP contribution in [-0.4, -0.2) is 50.7 Å². The average Bonchev–Trinajstić information content (AvgIpc) is 3.25. The molecule has 3 aromatic carbocycles. The molecule has 0 aliphatic carbocycles. The summed E-state index contributed by atoms with van der Waals surface area (Å²) < 4.78 is 5.09. The molecule has 0 spiro atoms. The number of nitrogens with one attached hydrogen (secondary N) is 2. The van der Waals surface area contributed by atoms with Crippen LogP contribution < -0.4 is 15.5 Å². The van der Waals surface area contributed by atoms with Crippen molar-refractivity contribution < 1.29 is 19.1 Å². The fourth-order valence-corrected chi connectivity index (χ4v) is 4.21. The van der Waals surface area contributed by atoms with E-state index in [9.17, 15) is 14.4 Å². The van der Waals surface area contributed by atoms with Gasteiger partial charge in [-0.1, -0.05) is 36.4 Å². The Hall–Kier alpha value is -4.30. The number of aliphatic imine (C=N–C) groups is 1. The third-order valence-electron chi connectivity index (χ3n) is 6.19. The van der Waals surface area contributed by atoms with Gasteiger partial charge in [-0.15, -0.1) is 0 Å². The number of hydrogen-bond donors (Lipinski definition) is 2. The van der Waals surface area contributed by atoms with Gasteiger partial charge in [0.15, 0.2) is 0 Å². The molecule has 8 nitrogen and oxygen atoms in total. The normalized spacial score (nSPS) is 14.6. The van der Waals surface area contributed by atoms with Crippen LogP contribution in [0.4, 0.5) is 17.1 Å². The second-order valence-electron chi connectivity index (χ2n) is 8.63. The molecule has 0 bridgehead atoms. The van der Waals surface area contributed by atoms with Crippen LogP contribution in [0.1, 0.15) is 40.7 Å². The average molecular weight is 499 g/mol. The minimum atomic E-state index is -0.654. The number of hydrogen-bond acceptors (Lipinski definition) is 6. The number of carbonyl (C=O) groups is 3. The lowest BCUT2D eigenvalue weighted by molar-refractivity contribution is -0.118. The highest BCUT2D eigenvalue weighted by Gasteiger charge is 2.36. The van der Waals surface area contributed by atoms with Crippen LogP contribution in [0.2, 0.25) is 0 Å². The van der Waals surface area contributed by atoms with Gasteiger partial charge in [0.05, 0.1) is 23.6 Å². The maximum Gasteiger partial charge on any atom is 0.338 e. The highest BCUT2D eigenvalue weighted by molar-refractivity contribution is 6.24. The molecule has 0 saturated heterocycles. The van der Waals surface area contributed by atoms with Gasteiger partial charge >= 0.3 is 5.97 Å². The van der Waals surface area contributed by atoms with Crippen molar-refractivity contribution in [1.82, 2.24) is 5.32 Å². The number of anilines is 2. The first-order chi connectivity index (χ1) is 17.9. The summed E-state index contributed by atoms with van der Waals surface area (Å²) in [6.45, 7) is 2.63. The molecule has 0 aromatic heterocycles. The third-order valence-corrected chi connectivity index (χ3v) is 6.19. The van der Waals surface area contributed by atoms with Crippen LogP contribution in [0.5, 0.6) is 0 Å². The molecular weight excluding hydrogens is 468 g/mol. The fourth-order valence-electron chi connectivity index (χ4n) is 4.21. The summed E-state index contributed by atoms with van der Waals surface area (Å²) in [5.74, 6) is -1.30. The second-order valence-corrected chi connectivity index (χ2v) is 8.63. The molecule has 8 heteroatoms. The number of carbonyl (C=O) groups excluding carboxylic acids is 3. The zero-order valence-electron chi connectivity index (χ0n) is 21.2. The lowest BCUT2D eigenvalue weighted by atomic mass is 9.90. The van der Waals surface area contributed by atoms with E-state index in [4.69, 9.17) is 9.73 Å². The number of benzene rings is 3. The lowest BCUT2D eigenvalue weighted by Gasteiger charge is -2.18. The molecule has 1 heterocycles. The van der Waals surface area contributed by atoms with Crippen LogP contribution in [0, 0.1) is 0 Å². The van der Waals surface area contributed by atoms with E-state index < -0.39 is 11.9 Å². The molecule has 2 N–H and O–H groups in total. The van der Waals surface area contributed by atoms with E-state index in [1.807, 2.05) is 61.6 Å². The fraction of sp³-hybridized carbons (Fsp3) is 0.241. The Morgan fingerprint density at radius 3 is 2.43 bits per heavy atom. The first-order valence-corrected chi connectivity index (χ1v) is 12.2. The van der Waals surface area contributed by atoms with Gasteiger partial charge in [0.25, 0.3) is 0 Å². The molecule has 1 atom stereocenters. The Kier molecular flexibility index (Phi) is 8.10. The smallest absolute Gasteiger partial charge is 0.338 e. The Labute approximate surface area is 216 Å². The number of ether oxygens (including phenoxy) is 1. The standard InChI is InChI=1S/C29H30N4O4/c1-4-37-29(36)20-10-15-23-24(18-20)32-28(35)26(23)27(19-8-6-5-7-9-19)31-21-11-13-22(14-12-21)33(3)25(34)16-17-30-2/h5-15,18,26,30H,4,16-17H2,1-3H3,(H,32,35). The van der Waals surface area contributed by atoms with Crippen LogP contribution >= 0.6 is 0 Å². The van der Waals surface area contributed by atoms with Crippen molar-refractivity contribution in [3.05, 3.63) is 89.5 Å². The van der Waals surface area contributed by atoms with E-state index in [-0.39, 0.29) is 18.4 Å². The van der Waals surface area contributed by atoms with Crippen LogP contribution in [0.3, 0.4) is 0 Å². The van der Waals surface area contributed by atoms with E-state index in [2.05, 4.69) is 10.6 Å². The van der Waals surface area contributed by atoms with Gasteiger partial charge in [0.2, 0.25) is 11.8 Å². The number of amides is 2. The Bertz CT molecular complexity index is 1320. The molecule has 37 heavy (non-hydrogen) atoms. The molecule has 0 saturated carbocycles. The summed E-state index contributed by atoms with van der Waals surface area (Å²) in [7, 11) is 3.56. The maximum atomic E-state index is 13.2. The highest BCUT2D eigenvalue weighted by atomic mass is 16.5. The van der Waals surface area contributed by atoms with Crippen LogP contribution in [0.25, 0.3) is 0 Å². The summed E-state index contributed by atoms with van der Waals surface area (Å²) in [4.78, 5) is 44.3. The van der Waals surface area contributed by atoms with Gasteiger partial charge < -0.3 is 20.3 Å². The van der Waals surface area contributed by atoms with Crippen LogP contribution in [0.15, 0.2) is 77.8 Å². The van der Waals surface area contributed by atoms with Gasteiger partial charge in [-0.3, -0.25) is 14.6 Å². The van der Waals surface area contributed by atoms with E-state index in [1.54, 1.807) is 37.1 Å². The van der Waals surface area contributed by atoms with Gasteiger partial charge in [0.1, 0.15) is 5.92 Å². The van der Waals surface area contributed by atoms with Gasteiger partial charge in [-0.25, -0.2) is 4.79 Å². The number of rotatable bonds is 9. The van der Waals surface area contributed by atoms with Crippen molar-refractivity contribution in [2.75, 3.05) is 37.5 Å². The molecule has 4 rings (SSSR count). The van der Waals surface area contributed by atoms with Crippen molar-refractivity contribution in [2.45, 2.75) is 19.3 Å². The predicted octanol–water partition coefficient (Wildman–Crippen LogP) is 4.29. The van der Waals surface area contributed by atoms with Gasteiger partial charge in [-0.2, -0.15) is 0 Å². The highest BCUT2D eigenvalue weighted by Crippen LogP contribution is 2.37. The minimum Gasteiger partial charge on any atom is -0.462 e. The molecule has 1 unspecified atom stereocenters. The number of esters is 1. The number of fused-ring (bicyclic) bond motifs is 1. The Morgan fingerprint density at radius 2 is 1.76 bits per heavy atom. The molecule has 1 aliphatic heterocycles. The predicted molar refractivity (Wildman–Crippen MR) is 145 cm³/mol. The minimum absolute atomic E-state index is 0.0111. The van der Waals surface area contributed by atoms with Crippen LogP contribution in [-0.2, 0) is 14.3 Å². The third kappa shape index (κ3) is 5.76. The van der Waals surface area contributed by atoms with Crippen molar-refractivity contribution in [1.29, 1.82) is 0 Å². The lowest BCUT2D eigenvalue weighted by Crippen LogP contribution is -2.28. The second kappa shape index (κ2) is 11.6. The topological polar surface area (TPSA) is 100 Å². The van der Waals surface area contributed by atoms with Crippen molar-refractivity contribution >= 4 is 40.6 Å². The molecule has 190 valence electrons. The Balaban J connectivity index is 1.69. The van der Waals surface area contributed by atoms with E-state index >= 15 is 0 Å². The molecule has 2 amide bonds.